The smallest absolute Gasteiger partial charge is 0.104 e. The molecule has 146 valence electrons. The summed E-state index contributed by atoms with van der Waals surface area (Å²) in [7, 11) is 4.73. The maximum Gasteiger partial charge on any atom is 0.104 e. The van der Waals surface area contributed by atoms with Crippen LogP contribution in [0.15, 0.2) is 30.3 Å². The van der Waals surface area contributed by atoms with E-state index in [1.165, 1.54) is 89.2 Å². The summed E-state index contributed by atoms with van der Waals surface area (Å²) in [5, 5.41) is 0. The molecule has 0 aliphatic rings. The van der Waals surface area contributed by atoms with Crippen molar-refractivity contribution in [1.82, 2.24) is 0 Å². The lowest BCUT2D eigenvalue weighted by molar-refractivity contribution is -0.903. The first kappa shape index (κ1) is 24.7. The lowest BCUT2D eigenvalue weighted by Crippen LogP contribution is -3.00. The summed E-state index contributed by atoms with van der Waals surface area (Å²) < 4.78 is 1.11. The number of halogens is 1. The van der Waals surface area contributed by atoms with Crippen LogP contribution in [0, 0.1) is 0 Å². The summed E-state index contributed by atoms with van der Waals surface area (Å²) in [6.45, 7) is 4.74. The Bertz CT molecular complexity index is 388. The molecule has 0 amide bonds. The van der Waals surface area contributed by atoms with Gasteiger partial charge in [0.15, 0.2) is 0 Å². The lowest BCUT2D eigenvalue weighted by atomic mass is 10.1. The molecule has 0 heterocycles. The summed E-state index contributed by atoms with van der Waals surface area (Å²) in [6, 6.07) is 10.9. The van der Waals surface area contributed by atoms with Crippen molar-refractivity contribution in [2.24, 2.45) is 0 Å². The van der Waals surface area contributed by atoms with Gasteiger partial charge in [-0.05, 0) is 12.8 Å². The molecule has 0 fully saturated rings. The van der Waals surface area contributed by atoms with E-state index in [2.05, 4.69) is 51.4 Å². The van der Waals surface area contributed by atoms with E-state index in [4.69, 9.17) is 0 Å². The van der Waals surface area contributed by atoms with Crippen molar-refractivity contribution in [3.05, 3.63) is 35.9 Å². The van der Waals surface area contributed by atoms with Gasteiger partial charge in [-0.2, -0.15) is 0 Å². The average molecular weight is 412 g/mol. The predicted molar refractivity (Wildman–Crippen MR) is 108 cm³/mol. The Morgan fingerprint density at radius 3 is 1.56 bits per heavy atom. The number of rotatable bonds is 15. The van der Waals surface area contributed by atoms with Crippen LogP contribution in [0.5, 0.6) is 0 Å². The van der Waals surface area contributed by atoms with Gasteiger partial charge in [-0.15, -0.1) is 0 Å². The average Bonchev–Trinajstić information content (AvgIpc) is 2.56. The number of quaternary nitrogens is 1. The van der Waals surface area contributed by atoms with E-state index in [0.717, 1.165) is 11.0 Å². The maximum absolute atomic E-state index is 2.37. The van der Waals surface area contributed by atoms with Gasteiger partial charge in [0.2, 0.25) is 0 Å². The number of hydrogen-bond acceptors (Lipinski definition) is 0. The molecule has 0 spiro atoms. The van der Waals surface area contributed by atoms with Gasteiger partial charge in [-0.3, -0.25) is 0 Å². The van der Waals surface area contributed by atoms with Crippen LogP contribution in [0.25, 0.3) is 0 Å². The van der Waals surface area contributed by atoms with E-state index in [0.29, 0.717) is 0 Å². The van der Waals surface area contributed by atoms with Crippen molar-refractivity contribution in [2.45, 2.75) is 90.5 Å². The topological polar surface area (TPSA) is 0 Å². The quantitative estimate of drug-likeness (QED) is 0.302. The minimum Gasteiger partial charge on any atom is -1.00 e. The molecule has 1 aromatic carbocycles. The van der Waals surface area contributed by atoms with Crippen molar-refractivity contribution >= 4 is 0 Å². The van der Waals surface area contributed by atoms with Crippen molar-refractivity contribution in [1.29, 1.82) is 0 Å². The number of benzene rings is 1. The molecule has 1 nitrogen and oxygen atoms in total. The first-order valence-electron chi connectivity index (χ1n) is 10.5. The van der Waals surface area contributed by atoms with E-state index in [1.807, 2.05) is 0 Å². The van der Waals surface area contributed by atoms with Crippen molar-refractivity contribution < 1.29 is 21.5 Å². The fourth-order valence-corrected chi connectivity index (χ4v) is 3.54. The third kappa shape index (κ3) is 14.5. The molecule has 1 aromatic rings. The maximum atomic E-state index is 2.37. The molecule has 0 bridgehead atoms. The molecule has 25 heavy (non-hydrogen) atoms. The summed E-state index contributed by atoms with van der Waals surface area (Å²) in [5.74, 6) is 0. The normalized spacial score (nSPS) is 11.3. The van der Waals surface area contributed by atoms with Gasteiger partial charge in [0.1, 0.15) is 6.54 Å². The van der Waals surface area contributed by atoms with E-state index < -0.39 is 0 Å². The summed E-state index contributed by atoms with van der Waals surface area (Å²) in [6.07, 6.45) is 17.2. The first-order valence-corrected chi connectivity index (χ1v) is 10.5. The molecule has 0 saturated carbocycles. The van der Waals surface area contributed by atoms with Crippen LogP contribution < -0.4 is 17.0 Å². The summed E-state index contributed by atoms with van der Waals surface area (Å²) in [4.78, 5) is 0. The van der Waals surface area contributed by atoms with Crippen LogP contribution in [0.3, 0.4) is 0 Å². The van der Waals surface area contributed by atoms with Crippen LogP contribution in [-0.4, -0.2) is 25.1 Å². The molecule has 2 heteroatoms. The number of nitrogens with zero attached hydrogens (tertiary/aromatic N) is 1. The standard InChI is InChI=1S/C23H42N.BrH/c1-4-5-6-7-8-9-10-11-12-13-14-18-21-24(2,3)22-23-19-16-15-17-20-23;/h15-17,19-20H,4-14,18,21-22H2,1-3H3;1H/q+1;/p-1. The van der Waals surface area contributed by atoms with Crippen molar-refractivity contribution in [3.63, 3.8) is 0 Å². The molecule has 0 aliphatic carbocycles. The van der Waals surface area contributed by atoms with Gasteiger partial charge in [0, 0.05) is 5.56 Å². The van der Waals surface area contributed by atoms with E-state index in [-0.39, 0.29) is 17.0 Å². The monoisotopic (exact) mass is 411 g/mol. The molecular weight excluding hydrogens is 370 g/mol. The molecule has 0 atom stereocenters. The Labute approximate surface area is 168 Å². The second kappa shape index (κ2) is 15.9. The predicted octanol–water partition coefficient (Wildman–Crippen LogP) is 3.97. The van der Waals surface area contributed by atoms with Gasteiger partial charge >= 0.3 is 0 Å². The molecular formula is C23H42BrN. The fourth-order valence-electron chi connectivity index (χ4n) is 3.54. The molecule has 0 aromatic heterocycles. The highest BCUT2D eigenvalue weighted by atomic mass is 79.9. The van der Waals surface area contributed by atoms with E-state index in [1.54, 1.807) is 0 Å². The van der Waals surface area contributed by atoms with E-state index in [9.17, 15) is 0 Å². The minimum atomic E-state index is 0. The zero-order chi connectivity index (χ0) is 17.5. The summed E-state index contributed by atoms with van der Waals surface area (Å²) >= 11 is 0. The van der Waals surface area contributed by atoms with Crippen LogP contribution in [0.4, 0.5) is 0 Å². The fraction of sp³-hybridized carbons (Fsp3) is 0.739. The Kier molecular flexibility index (Phi) is 15.7. The molecule has 0 saturated heterocycles. The Balaban J connectivity index is 0.00000576. The SMILES string of the molecule is CCCCCCCCCCCCCC[N+](C)(C)Cc1ccccc1.[Br-]. The van der Waals surface area contributed by atoms with Crippen molar-refractivity contribution in [2.75, 3.05) is 20.6 Å². The van der Waals surface area contributed by atoms with Crippen molar-refractivity contribution in [3.8, 4) is 0 Å². The van der Waals surface area contributed by atoms with Gasteiger partial charge in [-0.1, -0.05) is 101 Å². The Morgan fingerprint density at radius 2 is 1.08 bits per heavy atom. The molecule has 0 unspecified atom stereocenters. The summed E-state index contributed by atoms with van der Waals surface area (Å²) in [5.41, 5.74) is 1.46. The zero-order valence-corrected chi connectivity index (χ0v) is 18.7. The Morgan fingerprint density at radius 1 is 0.640 bits per heavy atom. The third-order valence-electron chi connectivity index (χ3n) is 5.07. The number of hydrogen-bond donors (Lipinski definition) is 0. The van der Waals surface area contributed by atoms with Crippen LogP contribution in [0.2, 0.25) is 0 Å². The van der Waals surface area contributed by atoms with Gasteiger partial charge < -0.3 is 21.5 Å². The largest absolute Gasteiger partial charge is 1.00 e. The second-order valence-electron chi connectivity index (χ2n) is 8.19. The highest BCUT2D eigenvalue weighted by Crippen LogP contribution is 2.14. The van der Waals surface area contributed by atoms with Crippen LogP contribution in [0.1, 0.15) is 89.5 Å². The highest BCUT2D eigenvalue weighted by molar-refractivity contribution is 5.13. The number of unbranched alkanes of at least 4 members (excludes halogenated alkanes) is 11. The van der Waals surface area contributed by atoms with E-state index >= 15 is 0 Å². The van der Waals surface area contributed by atoms with Crippen LogP contribution >= 0.6 is 0 Å². The molecule has 0 N–H and O–H groups in total. The zero-order valence-electron chi connectivity index (χ0n) is 17.1. The Hall–Kier alpha value is -0.340. The molecule has 0 radical (unpaired) electrons. The molecule has 0 aliphatic heterocycles. The minimum absolute atomic E-state index is 0. The van der Waals surface area contributed by atoms with Crippen LogP contribution in [-0.2, 0) is 6.54 Å². The lowest BCUT2D eigenvalue weighted by Gasteiger charge is -2.30. The molecule has 1 rings (SSSR count). The third-order valence-corrected chi connectivity index (χ3v) is 5.07. The van der Waals surface area contributed by atoms with Gasteiger partial charge in [-0.25, -0.2) is 0 Å². The van der Waals surface area contributed by atoms with Gasteiger partial charge in [0.05, 0.1) is 20.6 Å². The second-order valence-corrected chi connectivity index (χ2v) is 8.19. The highest BCUT2D eigenvalue weighted by Gasteiger charge is 2.14. The first-order chi connectivity index (χ1) is 11.6. The van der Waals surface area contributed by atoms with Gasteiger partial charge in [0.25, 0.3) is 0 Å².